The van der Waals surface area contributed by atoms with Gasteiger partial charge in [-0.2, -0.15) is 13.2 Å². The van der Waals surface area contributed by atoms with E-state index in [-0.39, 0.29) is 18.0 Å². The Balaban J connectivity index is 4.96. The first-order valence-corrected chi connectivity index (χ1v) is 4.23. The quantitative estimate of drug-likeness (QED) is 0.699. The predicted octanol–water partition coefficient (Wildman–Crippen LogP) is 2.28. The number of hydrogen-bond donors (Lipinski definition) is 2. The van der Waals surface area contributed by atoms with Crippen molar-refractivity contribution < 1.29 is 13.2 Å². The summed E-state index contributed by atoms with van der Waals surface area (Å²) >= 11 is 0. The molecule has 0 atom stereocenters. The fourth-order valence-electron chi connectivity index (χ4n) is 1.03. The fraction of sp³-hybridized carbons (Fsp3) is 0.556. The van der Waals surface area contributed by atoms with Crippen molar-refractivity contribution in [3.63, 3.8) is 0 Å². The van der Waals surface area contributed by atoms with Gasteiger partial charge in [0, 0.05) is 5.70 Å². The van der Waals surface area contributed by atoms with E-state index in [9.17, 15) is 13.2 Å². The van der Waals surface area contributed by atoms with Crippen molar-refractivity contribution in [3.8, 4) is 0 Å². The molecule has 0 saturated heterocycles. The van der Waals surface area contributed by atoms with E-state index in [4.69, 9.17) is 11.5 Å². The Morgan fingerprint density at radius 1 is 1.36 bits per heavy atom. The van der Waals surface area contributed by atoms with Crippen LogP contribution in [0.1, 0.15) is 20.3 Å². The zero-order valence-corrected chi connectivity index (χ0v) is 8.23. The fourth-order valence-corrected chi connectivity index (χ4v) is 1.03. The SMILES string of the molecule is CC(C)C/C(N)=C(/C=C\N)C(F)(F)F. The van der Waals surface area contributed by atoms with E-state index in [1.54, 1.807) is 13.8 Å². The molecule has 0 bridgehead atoms. The summed E-state index contributed by atoms with van der Waals surface area (Å²) < 4.78 is 37.1. The van der Waals surface area contributed by atoms with Crippen molar-refractivity contribution in [3.05, 3.63) is 23.5 Å². The van der Waals surface area contributed by atoms with Crippen molar-refractivity contribution in [2.75, 3.05) is 0 Å². The first-order valence-electron chi connectivity index (χ1n) is 4.23. The number of hydrogen-bond acceptors (Lipinski definition) is 2. The number of alkyl halides is 3. The van der Waals surface area contributed by atoms with Crippen molar-refractivity contribution in [2.45, 2.75) is 26.4 Å². The van der Waals surface area contributed by atoms with Gasteiger partial charge in [-0.05, 0) is 24.6 Å². The Morgan fingerprint density at radius 3 is 2.14 bits per heavy atom. The van der Waals surface area contributed by atoms with E-state index < -0.39 is 11.7 Å². The van der Waals surface area contributed by atoms with Gasteiger partial charge < -0.3 is 11.5 Å². The normalized spacial score (nSPS) is 15.0. The van der Waals surface area contributed by atoms with E-state index >= 15 is 0 Å². The van der Waals surface area contributed by atoms with E-state index in [2.05, 4.69) is 0 Å². The summed E-state index contributed by atoms with van der Waals surface area (Å²) in [7, 11) is 0. The van der Waals surface area contributed by atoms with Gasteiger partial charge in [0.05, 0.1) is 5.57 Å². The van der Waals surface area contributed by atoms with Crippen molar-refractivity contribution in [1.82, 2.24) is 0 Å². The molecule has 4 N–H and O–H groups in total. The molecule has 0 rings (SSSR count). The van der Waals surface area contributed by atoms with Crippen LogP contribution in [0.3, 0.4) is 0 Å². The highest BCUT2D eigenvalue weighted by Gasteiger charge is 2.33. The number of allylic oxidation sites excluding steroid dienone is 3. The van der Waals surface area contributed by atoms with Crippen LogP contribution in [0, 0.1) is 5.92 Å². The molecule has 0 heterocycles. The highest BCUT2D eigenvalue weighted by Crippen LogP contribution is 2.29. The van der Waals surface area contributed by atoms with Crippen LogP contribution in [-0.2, 0) is 0 Å². The Kier molecular flexibility index (Phi) is 4.53. The van der Waals surface area contributed by atoms with Crippen LogP contribution in [0.2, 0.25) is 0 Å². The minimum absolute atomic E-state index is 0.0820. The van der Waals surface area contributed by atoms with Gasteiger partial charge in [-0.15, -0.1) is 0 Å². The molecule has 0 radical (unpaired) electrons. The van der Waals surface area contributed by atoms with Crippen molar-refractivity contribution >= 4 is 0 Å². The second kappa shape index (κ2) is 4.93. The molecule has 0 aromatic heterocycles. The second-order valence-electron chi connectivity index (χ2n) is 3.39. The van der Waals surface area contributed by atoms with Gasteiger partial charge in [-0.1, -0.05) is 13.8 Å². The summed E-state index contributed by atoms with van der Waals surface area (Å²) in [5.74, 6) is 0.0820. The van der Waals surface area contributed by atoms with E-state index in [1.807, 2.05) is 0 Å². The number of nitrogens with two attached hydrogens (primary N) is 2. The zero-order chi connectivity index (χ0) is 11.4. The molecule has 0 aromatic rings. The molecule has 82 valence electrons. The minimum Gasteiger partial charge on any atom is -0.405 e. The maximum absolute atomic E-state index is 12.4. The molecule has 0 amide bonds. The molecule has 5 heteroatoms. The third kappa shape index (κ3) is 4.20. The first-order chi connectivity index (χ1) is 6.29. The highest BCUT2D eigenvalue weighted by atomic mass is 19.4. The molecule has 0 aromatic carbocycles. The average Bonchev–Trinajstić information content (AvgIpc) is 1.96. The maximum atomic E-state index is 12.4. The molecule has 0 fully saturated rings. The van der Waals surface area contributed by atoms with Crippen LogP contribution in [0.5, 0.6) is 0 Å². The van der Waals surface area contributed by atoms with Crippen LogP contribution in [-0.4, -0.2) is 6.18 Å². The Morgan fingerprint density at radius 2 is 1.86 bits per heavy atom. The molecule has 0 spiro atoms. The molecule has 0 unspecified atom stereocenters. The van der Waals surface area contributed by atoms with E-state index in [1.165, 1.54) is 0 Å². The Labute approximate surface area is 81.5 Å². The third-order valence-corrected chi connectivity index (χ3v) is 1.54. The van der Waals surface area contributed by atoms with Crippen LogP contribution >= 0.6 is 0 Å². The van der Waals surface area contributed by atoms with Gasteiger partial charge in [0.15, 0.2) is 0 Å². The molecule has 0 saturated carbocycles. The molecule has 0 aliphatic carbocycles. The zero-order valence-electron chi connectivity index (χ0n) is 8.23. The lowest BCUT2D eigenvalue weighted by molar-refractivity contribution is -0.0892. The van der Waals surface area contributed by atoms with Gasteiger partial charge in [-0.3, -0.25) is 0 Å². The molecule has 0 aliphatic rings. The largest absolute Gasteiger partial charge is 0.418 e. The minimum atomic E-state index is -4.44. The smallest absolute Gasteiger partial charge is 0.405 e. The van der Waals surface area contributed by atoms with Gasteiger partial charge in [0.2, 0.25) is 0 Å². The average molecular weight is 208 g/mol. The lowest BCUT2D eigenvalue weighted by atomic mass is 10.0. The van der Waals surface area contributed by atoms with Gasteiger partial charge >= 0.3 is 6.18 Å². The lowest BCUT2D eigenvalue weighted by Gasteiger charge is -2.13. The second-order valence-corrected chi connectivity index (χ2v) is 3.39. The molecule has 0 aliphatic heterocycles. The summed E-state index contributed by atoms with van der Waals surface area (Å²) in [6.45, 7) is 3.60. The molecular weight excluding hydrogens is 193 g/mol. The first kappa shape index (κ1) is 12.9. The maximum Gasteiger partial charge on any atom is 0.418 e. The molecular formula is C9H15F3N2. The summed E-state index contributed by atoms with van der Waals surface area (Å²) in [5.41, 5.74) is 9.24. The Hall–Kier alpha value is -1.13. The van der Waals surface area contributed by atoms with E-state index in [0.29, 0.717) is 0 Å². The summed E-state index contributed by atoms with van der Waals surface area (Å²) in [6.07, 6.45) is -2.60. The van der Waals surface area contributed by atoms with Crippen molar-refractivity contribution in [1.29, 1.82) is 0 Å². The third-order valence-electron chi connectivity index (χ3n) is 1.54. The van der Waals surface area contributed by atoms with Crippen LogP contribution in [0.25, 0.3) is 0 Å². The van der Waals surface area contributed by atoms with Gasteiger partial charge in [-0.25, -0.2) is 0 Å². The lowest BCUT2D eigenvalue weighted by Crippen LogP contribution is -2.18. The van der Waals surface area contributed by atoms with Gasteiger partial charge in [0.25, 0.3) is 0 Å². The van der Waals surface area contributed by atoms with Gasteiger partial charge in [0.1, 0.15) is 0 Å². The van der Waals surface area contributed by atoms with Crippen molar-refractivity contribution in [2.24, 2.45) is 17.4 Å². The predicted molar refractivity (Wildman–Crippen MR) is 50.1 cm³/mol. The standard InChI is InChI=1S/C9H15F3N2/c1-6(2)5-8(14)7(3-4-13)9(10,11)12/h3-4,6H,5,13-14H2,1-2H3/b4-3-,8-7+. The van der Waals surface area contributed by atoms with Crippen LogP contribution in [0.15, 0.2) is 23.5 Å². The summed E-state index contributed by atoms with van der Waals surface area (Å²) in [6, 6.07) is 0. The molecule has 14 heavy (non-hydrogen) atoms. The number of rotatable bonds is 3. The Bertz CT molecular complexity index is 239. The summed E-state index contributed by atoms with van der Waals surface area (Å²) in [5, 5.41) is 0. The van der Waals surface area contributed by atoms with Crippen LogP contribution < -0.4 is 11.5 Å². The highest BCUT2D eigenvalue weighted by molar-refractivity contribution is 5.28. The van der Waals surface area contributed by atoms with Crippen LogP contribution in [0.4, 0.5) is 13.2 Å². The molecule has 2 nitrogen and oxygen atoms in total. The topological polar surface area (TPSA) is 52.0 Å². The summed E-state index contributed by atoms with van der Waals surface area (Å²) in [4.78, 5) is 0. The number of halogens is 3. The van der Waals surface area contributed by atoms with E-state index in [0.717, 1.165) is 12.3 Å². The monoisotopic (exact) mass is 208 g/mol.